The van der Waals surface area contributed by atoms with Crippen molar-refractivity contribution in [2.75, 3.05) is 6.61 Å². The second kappa shape index (κ2) is 10.2. The zero-order valence-electron chi connectivity index (χ0n) is 18.7. The van der Waals surface area contributed by atoms with E-state index in [4.69, 9.17) is 15.0 Å². The maximum atomic E-state index is 13.0. The molecule has 1 fully saturated rings. The molecule has 1 aliphatic carbocycles. The van der Waals surface area contributed by atoms with Crippen molar-refractivity contribution < 1.29 is 27.5 Å². The molecule has 0 unspecified atom stereocenters. The van der Waals surface area contributed by atoms with Crippen LogP contribution in [0.25, 0.3) is 10.4 Å². The molecule has 1 aromatic carbocycles. The van der Waals surface area contributed by atoms with E-state index in [1.54, 1.807) is 39.8 Å². The Labute approximate surface area is 187 Å². The quantitative estimate of drug-likeness (QED) is 0.271. The van der Waals surface area contributed by atoms with Crippen LogP contribution in [0, 0.1) is 12.8 Å². The van der Waals surface area contributed by atoms with Crippen LogP contribution in [0.5, 0.6) is 0 Å². The molecule has 1 aliphatic rings. The van der Waals surface area contributed by atoms with Crippen molar-refractivity contribution in [1.82, 2.24) is 10.0 Å². The van der Waals surface area contributed by atoms with E-state index in [1.165, 1.54) is 12.1 Å². The molecule has 1 aromatic rings. The van der Waals surface area contributed by atoms with E-state index in [0.29, 0.717) is 0 Å². The highest BCUT2D eigenvalue weighted by Gasteiger charge is 2.49. The van der Waals surface area contributed by atoms with Gasteiger partial charge in [0.2, 0.25) is 10.0 Å². The number of rotatable bonds is 7. The number of hydrogen-bond acceptors (Lipinski definition) is 7. The fourth-order valence-corrected chi connectivity index (χ4v) is 4.76. The van der Waals surface area contributed by atoms with Gasteiger partial charge in [-0.15, -0.1) is 0 Å². The topological polar surface area (TPSA) is 160 Å². The Morgan fingerprint density at radius 3 is 2.38 bits per heavy atom. The lowest BCUT2D eigenvalue weighted by Gasteiger charge is -2.28. The molecule has 0 saturated heterocycles. The minimum atomic E-state index is -4.05. The second-order valence-corrected chi connectivity index (χ2v) is 10.2. The van der Waals surface area contributed by atoms with Gasteiger partial charge < -0.3 is 14.8 Å². The lowest BCUT2D eigenvalue weighted by molar-refractivity contribution is -0.148. The van der Waals surface area contributed by atoms with Crippen molar-refractivity contribution in [3.63, 3.8) is 0 Å². The van der Waals surface area contributed by atoms with Gasteiger partial charge in [-0.05, 0) is 58.7 Å². The molecule has 0 radical (unpaired) electrons. The lowest BCUT2D eigenvalue weighted by Crippen LogP contribution is -2.55. The van der Waals surface area contributed by atoms with Crippen LogP contribution < -0.4 is 10.0 Å². The van der Waals surface area contributed by atoms with Gasteiger partial charge >= 0.3 is 12.1 Å². The second-order valence-electron chi connectivity index (χ2n) is 8.50. The van der Waals surface area contributed by atoms with Gasteiger partial charge in [0.1, 0.15) is 5.60 Å². The Hall–Kier alpha value is -2.82. The van der Waals surface area contributed by atoms with E-state index in [2.05, 4.69) is 20.1 Å². The van der Waals surface area contributed by atoms with E-state index in [9.17, 15) is 18.0 Å². The number of carbonyl (C=O) groups is 2. The van der Waals surface area contributed by atoms with Crippen LogP contribution in [0.15, 0.2) is 34.3 Å². The number of benzene rings is 1. The maximum absolute atomic E-state index is 13.0. The van der Waals surface area contributed by atoms with Gasteiger partial charge in [-0.2, -0.15) is 0 Å². The molecule has 4 atom stereocenters. The molecule has 32 heavy (non-hydrogen) atoms. The summed E-state index contributed by atoms with van der Waals surface area (Å²) in [6, 6.07) is 3.08. The first kappa shape index (κ1) is 25.4. The van der Waals surface area contributed by atoms with Gasteiger partial charge in [-0.1, -0.05) is 22.8 Å². The fourth-order valence-electron chi connectivity index (χ4n) is 3.47. The first-order chi connectivity index (χ1) is 14.9. The largest absolute Gasteiger partial charge is 0.466 e. The average molecular weight is 468 g/mol. The zero-order valence-corrected chi connectivity index (χ0v) is 19.5. The monoisotopic (exact) mass is 467 g/mol. The van der Waals surface area contributed by atoms with Crippen LogP contribution in [0.4, 0.5) is 4.79 Å². The van der Waals surface area contributed by atoms with Crippen LogP contribution in [-0.2, 0) is 24.3 Å². The standard InChI is InChI=1S/C20H29N5O6S/c1-6-30-18(26)14-11-15(23-25-21)17(16(14)22-19(27)31-20(3,4)5)24-32(28,29)13-9-7-12(2)8-10-13/h7-10,14-17,24H,6,11H2,1-5H3,(H,22,27)/t14-,15+,16+,17-/m0/s1. The van der Waals surface area contributed by atoms with Crippen molar-refractivity contribution in [1.29, 1.82) is 0 Å². The van der Waals surface area contributed by atoms with Gasteiger partial charge in [-0.3, -0.25) is 4.79 Å². The summed E-state index contributed by atoms with van der Waals surface area (Å²) in [6.45, 7) is 8.56. The summed E-state index contributed by atoms with van der Waals surface area (Å²) >= 11 is 0. The molecule has 11 nitrogen and oxygen atoms in total. The Kier molecular flexibility index (Phi) is 8.11. The van der Waals surface area contributed by atoms with Crippen LogP contribution in [0.1, 0.15) is 39.7 Å². The van der Waals surface area contributed by atoms with Crippen molar-refractivity contribution in [3.8, 4) is 0 Å². The highest BCUT2D eigenvalue weighted by molar-refractivity contribution is 7.89. The molecule has 0 heterocycles. The molecule has 0 bridgehead atoms. The summed E-state index contributed by atoms with van der Waals surface area (Å²) in [7, 11) is -4.05. The van der Waals surface area contributed by atoms with Crippen LogP contribution >= 0.6 is 0 Å². The predicted octanol–water partition coefficient (Wildman–Crippen LogP) is 2.80. The average Bonchev–Trinajstić information content (AvgIpc) is 2.98. The molecule has 12 heteroatoms. The van der Waals surface area contributed by atoms with Gasteiger partial charge in [0.25, 0.3) is 0 Å². The first-order valence-corrected chi connectivity index (χ1v) is 11.7. The molecule has 0 aliphatic heterocycles. The third-order valence-electron chi connectivity index (χ3n) is 4.83. The molecule has 1 saturated carbocycles. The minimum Gasteiger partial charge on any atom is -0.466 e. The van der Waals surface area contributed by atoms with E-state index >= 15 is 0 Å². The lowest BCUT2D eigenvalue weighted by atomic mass is 10.0. The molecule has 176 valence electrons. The highest BCUT2D eigenvalue weighted by Crippen LogP contribution is 2.32. The Morgan fingerprint density at radius 2 is 1.84 bits per heavy atom. The molecule has 0 aromatic heterocycles. The summed E-state index contributed by atoms with van der Waals surface area (Å²) in [6.07, 6.45) is -0.845. The van der Waals surface area contributed by atoms with E-state index in [0.717, 1.165) is 5.56 Å². The smallest absolute Gasteiger partial charge is 0.407 e. The predicted molar refractivity (Wildman–Crippen MR) is 116 cm³/mol. The summed E-state index contributed by atoms with van der Waals surface area (Å²) in [5, 5.41) is 6.25. The van der Waals surface area contributed by atoms with Crippen molar-refractivity contribution >= 4 is 22.1 Å². The molecule has 0 spiro atoms. The van der Waals surface area contributed by atoms with Gasteiger partial charge in [0.15, 0.2) is 0 Å². The van der Waals surface area contributed by atoms with Crippen LogP contribution in [0.2, 0.25) is 0 Å². The zero-order chi connectivity index (χ0) is 24.1. The first-order valence-electron chi connectivity index (χ1n) is 10.2. The number of amides is 1. The number of aryl methyl sites for hydroxylation is 1. The Morgan fingerprint density at radius 1 is 1.22 bits per heavy atom. The summed E-state index contributed by atoms with van der Waals surface area (Å²) in [5.74, 6) is -1.58. The van der Waals surface area contributed by atoms with Crippen LogP contribution in [-0.4, -0.2) is 50.8 Å². The van der Waals surface area contributed by atoms with E-state index in [1.807, 2.05) is 6.92 Å². The summed E-state index contributed by atoms with van der Waals surface area (Å²) < 4.78 is 38.9. The Bertz CT molecular complexity index is 983. The number of alkyl carbamates (subject to hydrolysis) is 1. The Balaban J connectivity index is 2.42. The number of hydrogen-bond donors (Lipinski definition) is 2. The number of ether oxygens (including phenoxy) is 2. The van der Waals surface area contributed by atoms with Crippen molar-refractivity contribution in [2.24, 2.45) is 11.0 Å². The van der Waals surface area contributed by atoms with Gasteiger partial charge in [0, 0.05) is 4.91 Å². The number of azide groups is 1. The molecule has 1 amide bonds. The van der Waals surface area contributed by atoms with E-state index in [-0.39, 0.29) is 17.9 Å². The summed E-state index contributed by atoms with van der Waals surface area (Å²) in [4.78, 5) is 27.8. The number of nitrogens with zero attached hydrogens (tertiary/aromatic N) is 3. The maximum Gasteiger partial charge on any atom is 0.407 e. The van der Waals surface area contributed by atoms with Crippen LogP contribution in [0.3, 0.4) is 0 Å². The third kappa shape index (κ3) is 6.59. The highest BCUT2D eigenvalue weighted by atomic mass is 32.2. The number of sulfonamides is 1. The normalized spacial score (nSPS) is 23.2. The minimum absolute atomic E-state index is 0.00149. The SMILES string of the molecule is CCOC(=O)[C@H]1C[C@@H](N=[N+]=[N-])[C@H](NS(=O)(=O)c2ccc(C)cc2)[C@@H]1NC(=O)OC(C)(C)C. The number of carbonyl (C=O) groups excluding carboxylic acids is 2. The third-order valence-corrected chi connectivity index (χ3v) is 6.30. The number of esters is 1. The fraction of sp³-hybridized carbons (Fsp3) is 0.600. The van der Waals surface area contributed by atoms with E-state index < -0.39 is 51.7 Å². The van der Waals surface area contributed by atoms with Gasteiger partial charge in [-0.25, -0.2) is 17.9 Å². The molecule has 2 rings (SSSR count). The number of nitrogens with one attached hydrogen (secondary N) is 2. The molecular weight excluding hydrogens is 438 g/mol. The van der Waals surface area contributed by atoms with Crippen molar-refractivity contribution in [3.05, 3.63) is 40.3 Å². The molecule has 2 N–H and O–H groups in total. The summed E-state index contributed by atoms with van der Waals surface area (Å²) in [5.41, 5.74) is 9.05. The van der Waals surface area contributed by atoms with Gasteiger partial charge in [0.05, 0.1) is 35.5 Å². The molecular formula is C20H29N5O6S. The van der Waals surface area contributed by atoms with Crippen molar-refractivity contribution in [2.45, 2.75) is 69.7 Å².